The summed E-state index contributed by atoms with van der Waals surface area (Å²) in [6.45, 7) is 0.764. The first-order valence-corrected chi connectivity index (χ1v) is 7.40. The van der Waals surface area contributed by atoms with E-state index in [2.05, 4.69) is 10.2 Å². The number of amides is 1. The Morgan fingerprint density at radius 1 is 1.38 bits per heavy atom. The molecule has 0 aliphatic carbocycles. The molecule has 1 fully saturated rings. The molecular weight excluding hydrogens is 292 g/mol. The van der Waals surface area contributed by atoms with E-state index in [1.54, 1.807) is 0 Å². The van der Waals surface area contributed by atoms with Gasteiger partial charge in [0.2, 0.25) is 5.91 Å². The maximum absolute atomic E-state index is 11.7. The lowest BCUT2D eigenvalue weighted by atomic mass is 10.0. The van der Waals surface area contributed by atoms with Crippen LogP contribution in [0.3, 0.4) is 0 Å². The minimum Gasteiger partial charge on any atom is -0.480 e. The lowest BCUT2D eigenvalue weighted by Gasteiger charge is -2.24. The van der Waals surface area contributed by atoms with Gasteiger partial charge in [0.15, 0.2) is 0 Å². The molecule has 5 nitrogen and oxygen atoms in total. The van der Waals surface area contributed by atoms with Crippen LogP contribution >= 0.6 is 11.6 Å². The van der Waals surface area contributed by atoms with E-state index < -0.39 is 5.97 Å². The highest BCUT2D eigenvalue weighted by Crippen LogP contribution is 2.24. The van der Waals surface area contributed by atoms with Gasteiger partial charge in [-0.2, -0.15) is 0 Å². The van der Waals surface area contributed by atoms with Gasteiger partial charge in [0.05, 0.1) is 6.54 Å². The molecule has 0 saturated carbocycles. The number of carboxylic acid groups (broad SMARTS) is 1. The van der Waals surface area contributed by atoms with E-state index in [9.17, 15) is 9.59 Å². The SMILES string of the molecule is O=C(O)CNC(=O)CN1CCCC1Cc1ccccc1Cl. The maximum Gasteiger partial charge on any atom is 0.322 e. The lowest BCUT2D eigenvalue weighted by molar-refractivity contribution is -0.138. The topological polar surface area (TPSA) is 69.6 Å². The number of hydrogen-bond donors (Lipinski definition) is 2. The van der Waals surface area contributed by atoms with Crippen LogP contribution in [0, 0.1) is 0 Å². The van der Waals surface area contributed by atoms with E-state index in [1.807, 2.05) is 24.3 Å². The number of aliphatic carboxylic acids is 1. The molecule has 1 unspecified atom stereocenters. The fourth-order valence-electron chi connectivity index (χ4n) is 2.67. The highest BCUT2D eigenvalue weighted by atomic mass is 35.5. The van der Waals surface area contributed by atoms with Crippen LogP contribution in [-0.2, 0) is 16.0 Å². The Morgan fingerprint density at radius 2 is 2.14 bits per heavy atom. The summed E-state index contributed by atoms with van der Waals surface area (Å²) in [6.07, 6.45) is 2.88. The number of halogens is 1. The van der Waals surface area contributed by atoms with Crippen molar-refractivity contribution in [1.29, 1.82) is 0 Å². The molecule has 1 aliphatic heterocycles. The van der Waals surface area contributed by atoms with Crippen LogP contribution in [0.25, 0.3) is 0 Å². The third-order valence-corrected chi connectivity index (χ3v) is 4.06. The van der Waals surface area contributed by atoms with Crippen molar-refractivity contribution in [3.8, 4) is 0 Å². The molecular formula is C15H19ClN2O3. The molecule has 1 aromatic rings. The number of carboxylic acids is 1. The Bertz CT molecular complexity index is 521. The highest BCUT2D eigenvalue weighted by Gasteiger charge is 2.26. The zero-order valence-corrected chi connectivity index (χ0v) is 12.5. The van der Waals surface area contributed by atoms with E-state index in [0.717, 1.165) is 36.4 Å². The molecule has 1 amide bonds. The second-order valence-electron chi connectivity index (χ2n) is 5.23. The van der Waals surface area contributed by atoms with Gasteiger partial charge in [-0.15, -0.1) is 0 Å². The zero-order valence-electron chi connectivity index (χ0n) is 11.7. The second kappa shape index (κ2) is 7.43. The first-order chi connectivity index (χ1) is 10.1. The predicted octanol–water partition coefficient (Wildman–Crippen LogP) is 1.55. The van der Waals surface area contributed by atoms with Gasteiger partial charge in [-0.25, -0.2) is 0 Å². The molecule has 0 bridgehead atoms. The fraction of sp³-hybridized carbons (Fsp3) is 0.467. The van der Waals surface area contributed by atoms with Crippen LogP contribution in [0.4, 0.5) is 0 Å². The molecule has 6 heteroatoms. The van der Waals surface area contributed by atoms with Crippen molar-refractivity contribution in [2.75, 3.05) is 19.6 Å². The summed E-state index contributed by atoms with van der Waals surface area (Å²) in [5, 5.41) is 11.7. The smallest absolute Gasteiger partial charge is 0.322 e. The summed E-state index contributed by atoms with van der Waals surface area (Å²) in [4.78, 5) is 24.3. The molecule has 114 valence electrons. The predicted molar refractivity (Wildman–Crippen MR) is 80.4 cm³/mol. The Hall–Kier alpha value is -1.59. The molecule has 0 spiro atoms. The van der Waals surface area contributed by atoms with Crippen molar-refractivity contribution in [2.24, 2.45) is 0 Å². The Morgan fingerprint density at radius 3 is 2.86 bits per heavy atom. The van der Waals surface area contributed by atoms with Gasteiger partial charge in [-0.05, 0) is 37.4 Å². The summed E-state index contributed by atoms with van der Waals surface area (Å²) in [7, 11) is 0. The monoisotopic (exact) mass is 310 g/mol. The van der Waals surface area contributed by atoms with E-state index in [4.69, 9.17) is 16.7 Å². The fourth-order valence-corrected chi connectivity index (χ4v) is 2.88. The molecule has 1 aliphatic rings. The maximum atomic E-state index is 11.7. The van der Waals surface area contributed by atoms with E-state index in [1.165, 1.54) is 0 Å². The number of nitrogens with zero attached hydrogens (tertiary/aromatic N) is 1. The van der Waals surface area contributed by atoms with Crippen LogP contribution < -0.4 is 5.32 Å². The summed E-state index contributed by atoms with van der Waals surface area (Å²) in [5.74, 6) is -1.28. The number of likely N-dealkylation sites (tertiary alicyclic amines) is 1. The molecule has 2 rings (SSSR count). The molecule has 0 aromatic heterocycles. The van der Waals surface area contributed by atoms with Gasteiger partial charge in [-0.3, -0.25) is 14.5 Å². The minimum atomic E-state index is -1.03. The van der Waals surface area contributed by atoms with Crippen LogP contribution in [0.5, 0.6) is 0 Å². The molecule has 1 aromatic carbocycles. The Balaban J connectivity index is 1.90. The van der Waals surface area contributed by atoms with Gasteiger partial charge < -0.3 is 10.4 Å². The molecule has 2 N–H and O–H groups in total. The number of carbonyl (C=O) groups excluding carboxylic acids is 1. The van der Waals surface area contributed by atoms with Crippen molar-refractivity contribution in [2.45, 2.75) is 25.3 Å². The summed E-state index contributed by atoms with van der Waals surface area (Å²) in [5.41, 5.74) is 1.09. The molecule has 1 heterocycles. The molecule has 21 heavy (non-hydrogen) atoms. The number of rotatable bonds is 6. The first kappa shape index (κ1) is 15.8. The van der Waals surface area contributed by atoms with Crippen LogP contribution in [0.15, 0.2) is 24.3 Å². The third-order valence-electron chi connectivity index (χ3n) is 3.70. The third kappa shape index (κ3) is 4.72. The van der Waals surface area contributed by atoms with E-state index in [-0.39, 0.29) is 25.0 Å². The van der Waals surface area contributed by atoms with Gasteiger partial charge >= 0.3 is 5.97 Å². The van der Waals surface area contributed by atoms with Crippen molar-refractivity contribution in [3.63, 3.8) is 0 Å². The summed E-state index contributed by atoms with van der Waals surface area (Å²) in [6, 6.07) is 8.01. The van der Waals surface area contributed by atoms with Crippen molar-refractivity contribution < 1.29 is 14.7 Å². The van der Waals surface area contributed by atoms with Crippen molar-refractivity contribution >= 4 is 23.5 Å². The summed E-state index contributed by atoms with van der Waals surface area (Å²) < 4.78 is 0. The normalized spacial score (nSPS) is 18.6. The van der Waals surface area contributed by atoms with Gasteiger partial charge in [-0.1, -0.05) is 29.8 Å². The van der Waals surface area contributed by atoms with Crippen LogP contribution in [-0.4, -0.2) is 47.6 Å². The van der Waals surface area contributed by atoms with E-state index in [0.29, 0.717) is 0 Å². The number of benzene rings is 1. The largest absolute Gasteiger partial charge is 0.480 e. The van der Waals surface area contributed by atoms with Crippen LogP contribution in [0.2, 0.25) is 5.02 Å². The van der Waals surface area contributed by atoms with Crippen molar-refractivity contribution in [1.82, 2.24) is 10.2 Å². The molecule has 1 saturated heterocycles. The van der Waals surface area contributed by atoms with Gasteiger partial charge in [0, 0.05) is 11.1 Å². The molecule has 1 atom stereocenters. The van der Waals surface area contributed by atoms with Crippen LogP contribution in [0.1, 0.15) is 18.4 Å². The average molecular weight is 311 g/mol. The average Bonchev–Trinajstić information content (AvgIpc) is 2.86. The number of hydrogen-bond acceptors (Lipinski definition) is 3. The zero-order chi connectivity index (χ0) is 15.2. The van der Waals surface area contributed by atoms with Crippen molar-refractivity contribution in [3.05, 3.63) is 34.9 Å². The Kier molecular flexibility index (Phi) is 5.59. The lowest BCUT2D eigenvalue weighted by Crippen LogP contribution is -2.42. The standard InChI is InChI=1S/C15H19ClN2O3/c16-13-6-2-1-4-11(13)8-12-5-3-7-18(12)10-14(19)17-9-15(20)21/h1-2,4,6,12H,3,5,7-10H2,(H,17,19)(H,20,21). The first-order valence-electron chi connectivity index (χ1n) is 7.02. The molecule has 0 radical (unpaired) electrons. The number of nitrogens with one attached hydrogen (secondary N) is 1. The van der Waals surface area contributed by atoms with Gasteiger partial charge in [0.1, 0.15) is 6.54 Å². The highest BCUT2D eigenvalue weighted by molar-refractivity contribution is 6.31. The quantitative estimate of drug-likeness (QED) is 0.836. The van der Waals surface area contributed by atoms with E-state index >= 15 is 0 Å². The summed E-state index contributed by atoms with van der Waals surface area (Å²) >= 11 is 6.18. The number of carbonyl (C=O) groups is 2. The van der Waals surface area contributed by atoms with Gasteiger partial charge in [0.25, 0.3) is 0 Å². The second-order valence-corrected chi connectivity index (χ2v) is 5.64. The Labute approximate surface area is 128 Å². The minimum absolute atomic E-state index is 0.238.